The van der Waals surface area contributed by atoms with E-state index in [1.165, 1.54) is 0 Å². The Bertz CT molecular complexity index is 501. The van der Waals surface area contributed by atoms with Gasteiger partial charge >= 0.3 is 0 Å². The van der Waals surface area contributed by atoms with Gasteiger partial charge in [0.25, 0.3) is 5.91 Å². The summed E-state index contributed by atoms with van der Waals surface area (Å²) in [6.45, 7) is 4.36. The molecule has 2 rings (SSSR count). The summed E-state index contributed by atoms with van der Waals surface area (Å²) in [4.78, 5) is 14.2. The first-order valence-corrected chi connectivity index (χ1v) is 7.01. The average molecular weight is 328 g/mol. The van der Waals surface area contributed by atoms with E-state index >= 15 is 0 Å². The van der Waals surface area contributed by atoms with Gasteiger partial charge in [-0.15, -0.1) is 0 Å². The Balaban J connectivity index is 2.28. The van der Waals surface area contributed by atoms with Crippen LogP contribution in [0.5, 0.6) is 5.75 Å². The molecule has 0 bridgehead atoms. The van der Waals surface area contributed by atoms with E-state index in [0.717, 1.165) is 4.47 Å². The molecule has 5 heteroatoms. The molecular weight excluding hydrogens is 310 g/mol. The Morgan fingerprint density at radius 1 is 1.53 bits per heavy atom. The van der Waals surface area contributed by atoms with Crippen LogP contribution in [-0.4, -0.2) is 41.2 Å². The molecule has 1 N–H and O–H groups in total. The molecule has 1 aliphatic rings. The SMILES string of the molecule is COc1ccc(C(=O)N2CCC(O)C2(C)C)cc1Br. The number of amides is 1. The maximum Gasteiger partial charge on any atom is 0.254 e. The lowest BCUT2D eigenvalue weighted by molar-refractivity contribution is 0.0394. The van der Waals surface area contributed by atoms with Crippen molar-refractivity contribution >= 4 is 21.8 Å². The minimum Gasteiger partial charge on any atom is -0.496 e. The van der Waals surface area contributed by atoms with Crippen LogP contribution in [0.2, 0.25) is 0 Å². The van der Waals surface area contributed by atoms with E-state index in [-0.39, 0.29) is 5.91 Å². The third-order valence-electron chi connectivity index (χ3n) is 3.78. The second-order valence-corrected chi connectivity index (χ2v) is 6.12. The van der Waals surface area contributed by atoms with E-state index in [9.17, 15) is 9.90 Å². The van der Waals surface area contributed by atoms with Gasteiger partial charge < -0.3 is 14.7 Å². The normalized spacial score (nSPS) is 21.5. The number of aliphatic hydroxyl groups is 1. The Morgan fingerprint density at radius 2 is 2.21 bits per heavy atom. The van der Waals surface area contributed by atoms with E-state index in [1.54, 1.807) is 30.2 Å². The summed E-state index contributed by atoms with van der Waals surface area (Å²) in [5.74, 6) is 0.627. The Labute approximate surface area is 121 Å². The minimum absolute atomic E-state index is 0.0649. The summed E-state index contributed by atoms with van der Waals surface area (Å²) in [6.07, 6.45) is 0.147. The second-order valence-electron chi connectivity index (χ2n) is 5.26. The van der Waals surface area contributed by atoms with Crippen molar-refractivity contribution in [2.45, 2.75) is 31.9 Å². The molecule has 1 fully saturated rings. The molecule has 1 heterocycles. The molecule has 1 amide bonds. The highest BCUT2D eigenvalue weighted by Gasteiger charge is 2.43. The van der Waals surface area contributed by atoms with E-state index in [1.807, 2.05) is 13.8 Å². The van der Waals surface area contributed by atoms with Crippen LogP contribution in [0, 0.1) is 0 Å². The van der Waals surface area contributed by atoms with Crippen molar-refractivity contribution in [3.05, 3.63) is 28.2 Å². The van der Waals surface area contributed by atoms with Crippen LogP contribution in [0.15, 0.2) is 22.7 Å². The fraction of sp³-hybridized carbons (Fsp3) is 0.500. The number of aliphatic hydroxyl groups excluding tert-OH is 1. The Kier molecular flexibility index (Phi) is 3.87. The molecule has 1 unspecified atom stereocenters. The predicted molar refractivity (Wildman–Crippen MR) is 76.4 cm³/mol. The number of methoxy groups -OCH3 is 1. The number of rotatable bonds is 2. The van der Waals surface area contributed by atoms with Crippen LogP contribution < -0.4 is 4.74 Å². The standard InChI is InChI=1S/C14H18BrNO3/c1-14(2)12(17)6-7-16(14)13(18)9-4-5-11(19-3)10(15)8-9/h4-5,8,12,17H,6-7H2,1-3H3. The molecule has 0 aliphatic carbocycles. The zero-order chi connectivity index (χ0) is 14.2. The number of nitrogens with zero attached hydrogens (tertiary/aromatic N) is 1. The first-order chi connectivity index (χ1) is 8.87. The lowest BCUT2D eigenvalue weighted by Gasteiger charge is -2.33. The van der Waals surface area contributed by atoms with Crippen LogP contribution in [0.25, 0.3) is 0 Å². The number of halogens is 1. The van der Waals surface area contributed by atoms with Crippen molar-refractivity contribution in [2.24, 2.45) is 0 Å². The molecule has 0 aromatic heterocycles. The first kappa shape index (κ1) is 14.3. The smallest absolute Gasteiger partial charge is 0.254 e. The summed E-state index contributed by atoms with van der Waals surface area (Å²) in [5.41, 5.74) is 0.0681. The maximum absolute atomic E-state index is 12.5. The number of benzene rings is 1. The van der Waals surface area contributed by atoms with Crippen LogP contribution in [0.4, 0.5) is 0 Å². The molecule has 1 aliphatic heterocycles. The van der Waals surface area contributed by atoms with E-state index in [2.05, 4.69) is 15.9 Å². The fourth-order valence-corrected chi connectivity index (χ4v) is 2.93. The van der Waals surface area contributed by atoms with Crippen molar-refractivity contribution in [3.63, 3.8) is 0 Å². The lowest BCUT2D eigenvalue weighted by Crippen LogP contribution is -2.48. The number of ether oxygens (including phenoxy) is 1. The van der Waals surface area contributed by atoms with Crippen LogP contribution in [0.3, 0.4) is 0 Å². The van der Waals surface area contributed by atoms with E-state index < -0.39 is 11.6 Å². The zero-order valence-electron chi connectivity index (χ0n) is 11.3. The van der Waals surface area contributed by atoms with Gasteiger partial charge in [0.2, 0.25) is 0 Å². The third kappa shape index (κ3) is 2.49. The van der Waals surface area contributed by atoms with Crippen LogP contribution in [-0.2, 0) is 0 Å². The molecule has 1 aromatic carbocycles. The summed E-state index contributed by atoms with van der Waals surface area (Å²) in [6, 6.07) is 5.26. The molecule has 1 atom stereocenters. The number of carbonyl (C=O) groups excluding carboxylic acids is 1. The first-order valence-electron chi connectivity index (χ1n) is 6.21. The Morgan fingerprint density at radius 3 is 2.68 bits per heavy atom. The molecular formula is C14H18BrNO3. The maximum atomic E-state index is 12.5. The van der Waals surface area contributed by atoms with E-state index in [4.69, 9.17) is 4.74 Å². The molecule has 0 saturated carbocycles. The Hall–Kier alpha value is -1.07. The second kappa shape index (κ2) is 5.13. The number of hydrogen-bond donors (Lipinski definition) is 1. The highest BCUT2D eigenvalue weighted by Crippen LogP contribution is 2.32. The topological polar surface area (TPSA) is 49.8 Å². The average Bonchev–Trinajstić information content (AvgIpc) is 2.63. The van der Waals surface area contributed by atoms with Crippen molar-refractivity contribution in [2.75, 3.05) is 13.7 Å². The van der Waals surface area contributed by atoms with Gasteiger partial charge in [-0.1, -0.05) is 0 Å². The fourth-order valence-electron chi connectivity index (χ4n) is 2.39. The number of carbonyl (C=O) groups is 1. The molecule has 19 heavy (non-hydrogen) atoms. The van der Waals surface area contributed by atoms with Crippen molar-refractivity contribution < 1.29 is 14.6 Å². The van der Waals surface area contributed by atoms with Crippen molar-refractivity contribution in [3.8, 4) is 5.75 Å². The molecule has 1 aromatic rings. The van der Waals surface area contributed by atoms with Gasteiger partial charge in [0.1, 0.15) is 5.75 Å². The number of hydrogen-bond acceptors (Lipinski definition) is 3. The van der Waals surface area contributed by atoms with E-state index in [0.29, 0.717) is 24.3 Å². The van der Waals surface area contributed by atoms with Crippen LogP contribution in [0.1, 0.15) is 30.6 Å². The zero-order valence-corrected chi connectivity index (χ0v) is 12.9. The minimum atomic E-state index is -0.524. The van der Waals surface area contributed by atoms with Gasteiger partial charge in [-0.3, -0.25) is 4.79 Å². The van der Waals surface area contributed by atoms with Crippen molar-refractivity contribution in [1.29, 1.82) is 0 Å². The van der Waals surface area contributed by atoms with Gasteiger partial charge in [0.05, 0.1) is 23.2 Å². The molecule has 104 valence electrons. The monoisotopic (exact) mass is 327 g/mol. The molecule has 0 radical (unpaired) electrons. The highest BCUT2D eigenvalue weighted by molar-refractivity contribution is 9.10. The molecule has 4 nitrogen and oxygen atoms in total. The summed E-state index contributed by atoms with van der Waals surface area (Å²) >= 11 is 3.38. The molecule has 0 spiro atoms. The summed E-state index contributed by atoms with van der Waals surface area (Å²) in [5, 5.41) is 9.94. The van der Waals surface area contributed by atoms with Gasteiger partial charge in [0, 0.05) is 12.1 Å². The van der Waals surface area contributed by atoms with Gasteiger partial charge in [-0.05, 0) is 54.4 Å². The largest absolute Gasteiger partial charge is 0.496 e. The van der Waals surface area contributed by atoms with Gasteiger partial charge in [0.15, 0.2) is 0 Å². The number of likely N-dealkylation sites (tertiary alicyclic amines) is 1. The summed E-state index contributed by atoms with van der Waals surface area (Å²) in [7, 11) is 1.58. The van der Waals surface area contributed by atoms with Gasteiger partial charge in [-0.25, -0.2) is 0 Å². The molecule has 1 saturated heterocycles. The van der Waals surface area contributed by atoms with Crippen molar-refractivity contribution in [1.82, 2.24) is 4.90 Å². The predicted octanol–water partition coefficient (Wildman–Crippen LogP) is 2.44. The quantitative estimate of drug-likeness (QED) is 0.907. The van der Waals surface area contributed by atoms with Crippen LogP contribution >= 0.6 is 15.9 Å². The van der Waals surface area contributed by atoms with Gasteiger partial charge in [-0.2, -0.15) is 0 Å². The third-order valence-corrected chi connectivity index (χ3v) is 4.40. The highest BCUT2D eigenvalue weighted by atomic mass is 79.9. The summed E-state index contributed by atoms with van der Waals surface area (Å²) < 4.78 is 5.90. The lowest BCUT2D eigenvalue weighted by atomic mass is 9.98.